The van der Waals surface area contributed by atoms with E-state index in [1.54, 1.807) is 7.11 Å². The van der Waals surface area contributed by atoms with Gasteiger partial charge in [0.2, 0.25) is 0 Å². The Bertz CT molecular complexity index is 355. The average Bonchev–Trinajstić information content (AvgIpc) is 2.28. The van der Waals surface area contributed by atoms with Crippen molar-refractivity contribution in [2.24, 2.45) is 0 Å². The number of halogens is 1. The van der Waals surface area contributed by atoms with E-state index in [-0.39, 0.29) is 6.61 Å². The van der Waals surface area contributed by atoms with E-state index in [4.69, 9.17) is 9.84 Å². The molecule has 0 fully saturated rings. The average molecular weight is 302 g/mol. The Morgan fingerprint density at radius 1 is 1.41 bits per heavy atom. The number of methoxy groups -OCH3 is 1. The lowest BCUT2D eigenvalue weighted by atomic mass is 10.2. The molecule has 0 aliphatic rings. The zero-order chi connectivity index (χ0) is 12.8. The third-order valence-electron chi connectivity index (χ3n) is 2.72. The first-order valence-corrected chi connectivity index (χ1v) is 6.55. The molecule has 0 bridgehead atoms. The molecule has 0 spiro atoms. The van der Waals surface area contributed by atoms with Crippen LogP contribution in [0.1, 0.15) is 19.4 Å². The number of hydrogen-bond acceptors (Lipinski definition) is 3. The van der Waals surface area contributed by atoms with E-state index in [0.29, 0.717) is 12.6 Å². The van der Waals surface area contributed by atoms with Crippen LogP contribution in [0, 0.1) is 0 Å². The molecule has 3 nitrogen and oxygen atoms in total. The molecule has 0 aliphatic heterocycles. The molecule has 1 N–H and O–H groups in total. The summed E-state index contributed by atoms with van der Waals surface area (Å²) in [4.78, 5) is 2.23. The van der Waals surface area contributed by atoms with Crippen LogP contribution >= 0.6 is 15.9 Å². The predicted molar refractivity (Wildman–Crippen MR) is 73.3 cm³/mol. The van der Waals surface area contributed by atoms with Crippen molar-refractivity contribution >= 4 is 15.9 Å². The van der Waals surface area contributed by atoms with Gasteiger partial charge < -0.3 is 9.84 Å². The van der Waals surface area contributed by atoms with Crippen LogP contribution < -0.4 is 4.74 Å². The second-order valence-electron chi connectivity index (χ2n) is 4.26. The van der Waals surface area contributed by atoms with Crippen LogP contribution in [0.15, 0.2) is 22.7 Å². The maximum Gasteiger partial charge on any atom is 0.133 e. The monoisotopic (exact) mass is 301 g/mol. The molecule has 0 heterocycles. The van der Waals surface area contributed by atoms with Crippen LogP contribution in [0.4, 0.5) is 0 Å². The molecule has 0 atom stereocenters. The molecule has 0 amide bonds. The first kappa shape index (κ1) is 14.5. The third kappa shape index (κ3) is 4.30. The highest BCUT2D eigenvalue weighted by Crippen LogP contribution is 2.26. The van der Waals surface area contributed by atoms with Crippen molar-refractivity contribution in [3.8, 4) is 5.75 Å². The van der Waals surface area contributed by atoms with Crippen LogP contribution in [0.3, 0.4) is 0 Å². The van der Waals surface area contributed by atoms with Gasteiger partial charge in [-0.3, -0.25) is 4.90 Å². The molecule has 1 rings (SSSR count). The Labute approximate surface area is 112 Å². The van der Waals surface area contributed by atoms with Gasteiger partial charge in [-0.15, -0.1) is 0 Å². The number of nitrogens with zero attached hydrogens (tertiary/aromatic N) is 1. The summed E-state index contributed by atoms with van der Waals surface area (Å²) in [5, 5.41) is 9.03. The SMILES string of the molecule is COc1ccc(CN(CCO)C(C)C)cc1Br. The summed E-state index contributed by atoms with van der Waals surface area (Å²) in [6.07, 6.45) is 0. The quantitative estimate of drug-likeness (QED) is 0.877. The normalized spacial score (nSPS) is 11.2. The Morgan fingerprint density at radius 2 is 2.12 bits per heavy atom. The molecule has 17 heavy (non-hydrogen) atoms. The van der Waals surface area contributed by atoms with Crippen LogP contribution in [0.2, 0.25) is 0 Å². The smallest absolute Gasteiger partial charge is 0.133 e. The molecule has 96 valence electrons. The zero-order valence-corrected chi connectivity index (χ0v) is 12.2. The lowest BCUT2D eigenvalue weighted by Gasteiger charge is -2.25. The van der Waals surface area contributed by atoms with Crippen molar-refractivity contribution in [1.82, 2.24) is 4.90 Å². The van der Waals surface area contributed by atoms with Crippen molar-refractivity contribution in [1.29, 1.82) is 0 Å². The second-order valence-corrected chi connectivity index (χ2v) is 5.11. The topological polar surface area (TPSA) is 32.7 Å². The molecule has 4 heteroatoms. The molecule has 1 aromatic rings. The first-order valence-electron chi connectivity index (χ1n) is 5.75. The number of aliphatic hydroxyl groups is 1. The number of aliphatic hydroxyl groups excluding tert-OH is 1. The van der Waals surface area contributed by atoms with Gasteiger partial charge in [0.15, 0.2) is 0 Å². The van der Waals surface area contributed by atoms with Crippen molar-refractivity contribution in [3.05, 3.63) is 28.2 Å². The fourth-order valence-corrected chi connectivity index (χ4v) is 2.28. The highest BCUT2D eigenvalue weighted by atomic mass is 79.9. The minimum atomic E-state index is 0.190. The van der Waals surface area contributed by atoms with Crippen molar-refractivity contribution in [3.63, 3.8) is 0 Å². The van der Waals surface area contributed by atoms with E-state index >= 15 is 0 Å². The standard InChI is InChI=1S/C13H20BrNO2/c1-10(2)15(6-7-16)9-11-4-5-13(17-3)12(14)8-11/h4-5,8,10,16H,6-7,9H2,1-3H3. The second kappa shape index (κ2) is 6.99. The Kier molecular flexibility index (Phi) is 5.95. The summed E-state index contributed by atoms with van der Waals surface area (Å²) >= 11 is 3.48. The molecule has 1 aromatic carbocycles. The highest BCUT2D eigenvalue weighted by Gasteiger charge is 2.10. The van der Waals surface area contributed by atoms with Gasteiger partial charge in [0.1, 0.15) is 5.75 Å². The summed E-state index contributed by atoms with van der Waals surface area (Å²) in [7, 11) is 1.66. The van der Waals surface area contributed by atoms with Gasteiger partial charge in [-0.05, 0) is 47.5 Å². The van der Waals surface area contributed by atoms with E-state index in [1.165, 1.54) is 5.56 Å². The Morgan fingerprint density at radius 3 is 2.59 bits per heavy atom. The lowest BCUT2D eigenvalue weighted by molar-refractivity contribution is 0.159. The maximum atomic E-state index is 9.03. The van der Waals surface area contributed by atoms with Gasteiger partial charge in [0, 0.05) is 19.1 Å². The van der Waals surface area contributed by atoms with Gasteiger partial charge in [-0.2, -0.15) is 0 Å². The fourth-order valence-electron chi connectivity index (χ4n) is 1.69. The Hall–Kier alpha value is -0.580. The van der Waals surface area contributed by atoms with E-state index in [9.17, 15) is 0 Å². The van der Waals surface area contributed by atoms with Crippen LogP contribution in [0.25, 0.3) is 0 Å². The summed E-state index contributed by atoms with van der Waals surface area (Å²) < 4.78 is 6.16. The Balaban J connectivity index is 2.76. The predicted octanol–water partition coefficient (Wildman–Crippen LogP) is 2.66. The van der Waals surface area contributed by atoms with Gasteiger partial charge in [-0.1, -0.05) is 6.07 Å². The number of rotatable bonds is 6. The zero-order valence-electron chi connectivity index (χ0n) is 10.6. The van der Waals surface area contributed by atoms with Crippen molar-refractivity contribution in [2.75, 3.05) is 20.3 Å². The molecule has 0 saturated carbocycles. The molecular formula is C13H20BrNO2. The summed E-state index contributed by atoms with van der Waals surface area (Å²) in [5.41, 5.74) is 1.21. The maximum absolute atomic E-state index is 9.03. The molecule has 0 radical (unpaired) electrons. The van der Waals surface area contributed by atoms with Crippen LogP contribution in [0.5, 0.6) is 5.75 Å². The molecular weight excluding hydrogens is 282 g/mol. The van der Waals surface area contributed by atoms with E-state index in [1.807, 2.05) is 6.07 Å². The molecule has 0 unspecified atom stereocenters. The largest absolute Gasteiger partial charge is 0.496 e. The van der Waals surface area contributed by atoms with E-state index in [2.05, 4.69) is 46.8 Å². The minimum Gasteiger partial charge on any atom is -0.496 e. The molecule has 0 aliphatic carbocycles. The number of benzene rings is 1. The number of hydrogen-bond donors (Lipinski definition) is 1. The fraction of sp³-hybridized carbons (Fsp3) is 0.538. The lowest BCUT2D eigenvalue weighted by Crippen LogP contribution is -2.32. The van der Waals surface area contributed by atoms with Gasteiger partial charge >= 0.3 is 0 Å². The van der Waals surface area contributed by atoms with Crippen LogP contribution in [-0.4, -0.2) is 36.3 Å². The third-order valence-corrected chi connectivity index (χ3v) is 3.34. The molecule has 0 saturated heterocycles. The molecule has 0 aromatic heterocycles. The summed E-state index contributed by atoms with van der Waals surface area (Å²) in [5.74, 6) is 0.840. The van der Waals surface area contributed by atoms with Gasteiger partial charge in [0.25, 0.3) is 0 Å². The van der Waals surface area contributed by atoms with E-state index in [0.717, 1.165) is 16.8 Å². The van der Waals surface area contributed by atoms with Gasteiger partial charge in [0.05, 0.1) is 18.2 Å². The van der Waals surface area contributed by atoms with Crippen molar-refractivity contribution in [2.45, 2.75) is 26.4 Å². The van der Waals surface area contributed by atoms with E-state index < -0.39 is 0 Å². The van der Waals surface area contributed by atoms with Gasteiger partial charge in [-0.25, -0.2) is 0 Å². The summed E-state index contributed by atoms with van der Waals surface area (Å²) in [6, 6.07) is 6.49. The minimum absolute atomic E-state index is 0.190. The first-order chi connectivity index (χ1) is 8.08. The van der Waals surface area contributed by atoms with Crippen molar-refractivity contribution < 1.29 is 9.84 Å². The van der Waals surface area contributed by atoms with Crippen LogP contribution in [-0.2, 0) is 6.54 Å². The number of ether oxygens (including phenoxy) is 1. The highest BCUT2D eigenvalue weighted by molar-refractivity contribution is 9.10. The summed E-state index contributed by atoms with van der Waals surface area (Å²) in [6.45, 7) is 5.99.